The fourth-order valence-corrected chi connectivity index (χ4v) is 2.91. The minimum atomic E-state index is -0.868. The van der Waals surface area contributed by atoms with Crippen LogP contribution in [0, 0.1) is 0 Å². The normalized spacial score (nSPS) is 11.1. The summed E-state index contributed by atoms with van der Waals surface area (Å²) in [4.78, 5) is 14.4. The maximum atomic E-state index is 11.0. The van der Waals surface area contributed by atoms with Gasteiger partial charge in [0.2, 0.25) is 0 Å². The fraction of sp³-hybridized carbons (Fsp3) is 0.526. The van der Waals surface area contributed by atoms with E-state index >= 15 is 0 Å². The highest BCUT2D eigenvalue weighted by Crippen LogP contribution is 2.19. The summed E-state index contributed by atoms with van der Waals surface area (Å²) in [5.41, 5.74) is 2.59. The molecule has 0 unspecified atom stereocenters. The second-order valence-electron chi connectivity index (χ2n) is 6.13. The van der Waals surface area contributed by atoms with E-state index in [9.17, 15) is 4.79 Å². The number of carbonyl (C=O) groups is 1. The van der Waals surface area contributed by atoms with Crippen LogP contribution in [0.15, 0.2) is 24.3 Å². The average molecular weight is 301 g/mol. The van der Waals surface area contributed by atoms with Gasteiger partial charge in [0.05, 0.1) is 5.56 Å². The molecule has 0 aliphatic rings. The number of aromatic nitrogens is 1. The quantitative estimate of drug-likeness (QED) is 0.565. The average Bonchev–Trinajstić information content (AvgIpc) is 2.91. The highest BCUT2D eigenvalue weighted by molar-refractivity contribution is 5.93. The van der Waals surface area contributed by atoms with Crippen molar-refractivity contribution in [1.82, 2.24) is 4.98 Å². The first-order valence-corrected chi connectivity index (χ1v) is 8.55. The number of rotatable bonds is 10. The highest BCUT2D eigenvalue weighted by atomic mass is 16.4. The third-order valence-corrected chi connectivity index (χ3v) is 4.22. The van der Waals surface area contributed by atoms with Crippen LogP contribution in [0.4, 0.5) is 0 Å². The SMILES string of the molecule is CCCCCCCCCCc1cc2cc(C(=O)O)ccc2[nH]1. The van der Waals surface area contributed by atoms with Gasteiger partial charge in [-0.2, -0.15) is 0 Å². The van der Waals surface area contributed by atoms with Crippen molar-refractivity contribution in [3.05, 3.63) is 35.5 Å². The molecular weight excluding hydrogens is 274 g/mol. The summed E-state index contributed by atoms with van der Waals surface area (Å²) in [5.74, 6) is -0.868. The van der Waals surface area contributed by atoms with Crippen LogP contribution in [-0.4, -0.2) is 16.1 Å². The zero-order valence-corrected chi connectivity index (χ0v) is 13.5. The molecule has 0 saturated heterocycles. The molecule has 2 aromatic rings. The summed E-state index contributed by atoms with van der Waals surface area (Å²) in [7, 11) is 0. The number of aromatic carboxylic acids is 1. The van der Waals surface area contributed by atoms with Gasteiger partial charge in [-0.25, -0.2) is 4.79 Å². The molecule has 1 heterocycles. The van der Waals surface area contributed by atoms with Gasteiger partial charge in [-0.1, -0.05) is 51.9 Å². The number of nitrogens with one attached hydrogen (secondary N) is 1. The Labute approximate surface area is 132 Å². The van der Waals surface area contributed by atoms with E-state index in [2.05, 4.69) is 18.0 Å². The molecule has 0 atom stereocenters. The van der Waals surface area contributed by atoms with Crippen molar-refractivity contribution in [1.29, 1.82) is 0 Å². The summed E-state index contributed by atoms with van der Waals surface area (Å²) in [5, 5.41) is 10.0. The topological polar surface area (TPSA) is 53.1 Å². The van der Waals surface area contributed by atoms with E-state index in [1.54, 1.807) is 12.1 Å². The number of carboxylic acid groups (broad SMARTS) is 1. The maximum Gasteiger partial charge on any atom is 0.335 e. The fourth-order valence-electron chi connectivity index (χ4n) is 2.91. The number of H-pyrrole nitrogens is 1. The van der Waals surface area contributed by atoms with Gasteiger partial charge >= 0.3 is 5.97 Å². The minimum Gasteiger partial charge on any atom is -0.478 e. The number of aromatic amines is 1. The predicted molar refractivity (Wildman–Crippen MR) is 91.6 cm³/mol. The molecule has 0 radical (unpaired) electrons. The molecule has 3 nitrogen and oxygen atoms in total. The van der Waals surface area contributed by atoms with Gasteiger partial charge < -0.3 is 10.1 Å². The van der Waals surface area contributed by atoms with Gasteiger partial charge in [0.15, 0.2) is 0 Å². The lowest BCUT2D eigenvalue weighted by Gasteiger charge is -2.01. The lowest BCUT2D eigenvalue weighted by molar-refractivity contribution is 0.0697. The maximum absolute atomic E-state index is 11.0. The van der Waals surface area contributed by atoms with Crippen molar-refractivity contribution in [2.24, 2.45) is 0 Å². The summed E-state index contributed by atoms with van der Waals surface area (Å²) in [6, 6.07) is 7.34. The second-order valence-corrected chi connectivity index (χ2v) is 6.13. The van der Waals surface area contributed by atoms with Crippen molar-refractivity contribution < 1.29 is 9.90 Å². The summed E-state index contributed by atoms with van der Waals surface area (Å²) in [6.07, 6.45) is 11.6. The molecule has 0 spiro atoms. The van der Waals surface area contributed by atoms with Crippen LogP contribution in [0.1, 0.15) is 74.3 Å². The molecule has 0 amide bonds. The molecule has 3 heteroatoms. The zero-order chi connectivity index (χ0) is 15.8. The Balaban J connectivity index is 1.74. The van der Waals surface area contributed by atoms with Gasteiger partial charge in [0, 0.05) is 16.6 Å². The van der Waals surface area contributed by atoms with Crippen LogP contribution >= 0.6 is 0 Å². The van der Waals surface area contributed by atoms with Crippen LogP contribution in [0.25, 0.3) is 10.9 Å². The number of hydrogen-bond acceptors (Lipinski definition) is 1. The number of carboxylic acids is 1. The number of unbranched alkanes of at least 4 members (excludes halogenated alkanes) is 7. The van der Waals surface area contributed by atoms with Gasteiger partial charge in [0.25, 0.3) is 0 Å². The van der Waals surface area contributed by atoms with Crippen LogP contribution in [0.2, 0.25) is 0 Å². The van der Waals surface area contributed by atoms with Crippen molar-refractivity contribution in [2.75, 3.05) is 0 Å². The molecule has 0 fully saturated rings. The molecule has 0 bridgehead atoms. The standard InChI is InChI=1S/C19H27NO2/c1-2-3-4-5-6-7-8-9-10-17-14-16-13-15(19(21)22)11-12-18(16)20-17/h11-14,20H,2-10H2,1H3,(H,21,22). The number of fused-ring (bicyclic) bond motifs is 1. The van der Waals surface area contributed by atoms with Gasteiger partial charge in [-0.05, 0) is 37.1 Å². The first-order chi connectivity index (χ1) is 10.7. The van der Waals surface area contributed by atoms with Crippen molar-refractivity contribution in [2.45, 2.75) is 64.7 Å². The Morgan fingerprint density at radius 1 is 1.00 bits per heavy atom. The van der Waals surface area contributed by atoms with Gasteiger partial charge in [-0.15, -0.1) is 0 Å². The summed E-state index contributed by atoms with van der Waals surface area (Å²) >= 11 is 0. The molecule has 2 rings (SSSR count). The number of benzene rings is 1. The summed E-state index contributed by atoms with van der Waals surface area (Å²) < 4.78 is 0. The lowest BCUT2D eigenvalue weighted by Crippen LogP contribution is -1.94. The van der Waals surface area contributed by atoms with Crippen LogP contribution < -0.4 is 0 Å². The van der Waals surface area contributed by atoms with Crippen LogP contribution in [0.5, 0.6) is 0 Å². The monoisotopic (exact) mass is 301 g/mol. The highest BCUT2D eigenvalue weighted by Gasteiger charge is 2.06. The Morgan fingerprint density at radius 2 is 1.68 bits per heavy atom. The van der Waals surface area contributed by atoms with E-state index in [1.807, 2.05) is 6.07 Å². The van der Waals surface area contributed by atoms with E-state index in [0.29, 0.717) is 5.56 Å². The number of hydrogen-bond donors (Lipinski definition) is 2. The molecule has 0 saturated carbocycles. The molecule has 0 aliphatic carbocycles. The van der Waals surface area contributed by atoms with Gasteiger partial charge in [-0.3, -0.25) is 0 Å². The van der Waals surface area contributed by atoms with Crippen LogP contribution in [-0.2, 0) is 6.42 Å². The minimum absolute atomic E-state index is 0.352. The molecule has 2 N–H and O–H groups in total. The van der Waals surface area contributed by atoms with Crippen molar-refractivity contribution in [3.63, 3.8) is 0 Å². The predicted octanol–water partition coefficient (Wildman–Crippen LogP) is 5.55. The van der Waals surface area contributed by atoms with E-state index in [1.165, 1.54) is 57.1 Å². The Hall–Kier alpha value is -1.77. The first kappa shape index (κ1) is 16.6. The molecule has 1 aromatic carbocycles. The van der Waals surface area contributed by atoms with Crippen molar-refractivity contribution in [3.8, 4) is 0 Å². The molecule has 120 valence electrons. The van der Waals surface area contributed by atoms with E-state index in [4.69, 9.17) is 5.11 Å². The number of aryl methyl sites for hydroxylation is 1. The van der Waals surface area contributed by atoms with Gasteiger partial charge in [0.1, 0.15) is 0 Å². The Bertz CT molecular complexity index is 601. The summed E-state index contributed by atoms with van der Waals surface area (Å²) in [6.45, 7) is 2.25. The Morgan fingerprint density at radius 3 is 2.36 bits per heavy atom. The van der Waals surface area contributed by atoms with E-state index < -0.39 is 5.97 Å². The molecular formula is C19H27NO2. The Kier molecular flexibility index (Phi) is 6.50. The molecule has 0 aliphatic heterocycles. The third-order valence-electron chi connectivity index (χ3n) is 4.22. The van der Waals surface area contributed by atoms with Crippen molar-refractivity contribution >= 4 is 16.9 Å². The first-order valence-electron chi connectivity index (χ1n) is 8.55. The zero-order valence-electron chi connectivity index (χ0n) is 13.5. The largest absolute Gasteiger partial charge is 0.478 e. The smallest absolute Gasteiger partial charge is 0.335 e. The van der Waals surface area contributed by atoms with E-state index in [0.717, 1.165) is 17.3 Å². The second kappa shape index (κ2) is 8.62. The van der Waals surface area contributed by atoms with Crippen LogP contribution in [0.3, 0.4) is 0 Å². The third kappa shape index (κ3) is 4.90. The lowest BCUT2D eigenvalue weighted by atomic mass is 10.1. The van der Waals surface area contributed by atoms with E-state index in [-0.39, 0.29) is 0 Å². The molecule has 22 heavy (non-hydrogen) atoms. The molecule has 1 aromatic heterocycles.